The fraction of sp³-hybridized carbons (Fsp3) is 0.592. The number of nitrogens with zero attached hydrogens (tertiary/aromatic N) is 2. The maximum atomic E-state index is 14.7. The summed E-state index contributed by atoms with van der Waals surface area (Å²) in [7, 11) is 3.37. The Kier molecular flexibility index (Phi) is 14.9. The number of hydrogen-bond acceptors (Lipinski definition) is 8. The van der Waals surface area contributed by atoms with Gasteiger partial charge in [0.25, 0.3) is 0 Å². The number of amides is 6. The summed E-state index contributed by atoms with van der Waals surface area (Å²) in [5.41, 5.74) is 3.33. The van der Waals surface area contributed by atoms with Crippen molar-refractivity contribution in [3.63, 3.8) is 0 Å². The molecule has 14 nitrogen and oxygen atoms in total. The van der Waals surface area contributed by atoms with E-state index in [4.69, 9.17) is 0 Å². The predicted molar refractivity (Wildman–Crippen MR) is 240 cm³/mol. The molecule has 7 rings (SSSR count). The second-order valence-electron chi connectivity index (χ2n) is 18.1. The monoisotopic (exact) mass is 863 g/mol. The first kappa shape index (κ1) is 45.8. The van der Waals surface area contributed by atoms with E-state index in [1.165, 1.54) is 11.1 Å². The number of benzene rings is 2. The molecular weight excluding hydrogens is 797 g/mol. The van der Waals surface area contributed by atoms with Crippen molar-refractivity contribution in [2.75, 3.05) is 27.2 Å². The molecule has 5 aliphatic rings. The van der Waals surface area contributed by atoms with E-state index in [1.54, 1.807) is 30.8 Å². The highest BCUT2D eigenvalue weighted by Gasteiger charge is 2.63. The summed E-state index contributed by atoms with van der Waals surface area (Å²) in [4.78, 5) is 87.3. The molecule has 2 heterocycles. The third-order valence-electron chi connectivity index (χ3n) is 14.0. The normalized spacial score (nSPS) is 26.1. The third kappa shape index (κ3) is 10.1. The molecule has 6 amide bonds. The zero-order valence-electron chi connectivity index (χ0n) is 37.4. The molecule has 3 aliphatic carbocycles. The number of aryl methyl sites for hydroxylation is 2. The topological polar surface area (TPSA) is 181 Å². The van der Waals surface area contributed by atoms with Gasteiger partial charge in [0.15, 0.2) is 0 Å². The maximum absolute atomic E-state index is 14.7. The van der Waals surface area contributed by atoms with Gasteiger partial charge in [-0.15, -0.1) is 5.92 Å². The molecule has 0 aromatic heterocycles. The molecule has 338 valence electrons. The van der Waals surface area contributed by atoms with Gasteiger partial charge in [0, 0.05) is 19.5 Å². The van der Waals surface area contributed by atoms with Gasteiger partial charge in [-0.3, -0.25) is 28.8 Å². The van der Waals surface area contributed by atoms with E-state index in [0.717, 1.165) is 56.1 Å². The Hall–Kier alpha value is -5.26. The van der Waals surface area contributed by atoms with Gasteiger partial charge in [-0.1, -0.05) is 67.8 Å². The summed E-state index contributed by atoms with van der Waals surface area (Å²) in [6.07, 6.45) is 9.30. The standard InChI is InChI=1S/C49H66N8O6/c1-5-15-39(51-4)44(59)54-40(47(62)56-28-13-26-41(56)45(60)52-37-23-10-18-32-16-6-8-21-35(32)37)25-12-20-34-30-49(34,55-43(58)31(2)50-3)48(63)57-29-14-27-42(57)46(61)53-38-24-11-19-33-17-7-9-22-36(33)38/h6-9,16-17,21-22,31,34,37-42,50-51H,5,10-11,13-15,18-19,23-30H2,1-4H3,(H,52,60)(H,53,61)(H,54,59)(H,55,58)/t31-,34+,37+,38+,39-,40-,41-,42-,49?/m0/s1. The number of likely N-dealkylation sites (tertiary alicyclic amines) is 2. The van der Waals surface area contributed by atoms with Crippen molar-refractivity contribution >= 4 is 35.4 Å². The maximum Gasteiger partial charge on any atom is 0.250 e. The molecule has 2 saturated heterocycles. The Labute approximate surface area is 372 Å². The van der Waals surface area contributed by atoms with Gasteiger partial charge in [-0.25, -0.2) is 0 Å². The van der Waals surface area contributed by atoms with Crippen LogP contribution < -0.4 is 31.9 Å². The number of hydrogen-bond donors (Lipinski definition) is 6. The molecule has 9 atom stereocenters. The molecular formula is C49H66N8O6. The lowest BCUT2D eigenvalue weighted by molar-refractivity contribution is -0.143. The lowest BCUT2D eigenvalue weighted by Gasteiger charge is -2.32. The Bertz CT molecular complexity index is 2100. The molecule has 3 fully saturated rings. The van der Waals surface area contributed by atoms with Crippen LogP contribution in [0.3, 0.4) is 0 Å². The number of carbonyl (C=O) groups is 6. The third-order valence-corrected chi connectivity index (χ3v) is 14.0. The Balaban J connectivity index is 1.08. The van der Waals surface area contributed by atoms with Gasteiger partial charge < -0.3 is 41.7 Å². The largest absolute Gasteiger partial charge is 0.347 e. The van der Waals surface area contributed by atoms with E-state index < -0.39 is 41.7 Å². The summed E-state index contributed by atoms with van der Waals surface area (Å²) in [5, 5.41) is 18.4. The first-order valence-electron chi connectivity index (χ1n) is 23.3. The first-order valence-corrected chi connectivity index (χ1v) is 23.3. The van der Waals surface area contributed by atoms with Crippen LogP contribution in [-0.2, 0) is 41.6 Å². The van der Waals surface area contributed by atoms with Crippen molar-refractivity contribution in [1.29, 1.82) is 0 Å². The molecule has 0 radical (unpaired) electrons. The van der Waals surface area contributed by atoms with Gasteiger partial charge in [0.1, 0.15) is 23.7 Å². The molecule has 2 aromatic carbocycles. The fourth-order valence-electron chi connectivity index (χ4n) is 10.2. The summed E-state index contributed by atoms with van der Waals surface area (Å²) < 4.78 is 0. The minimum atomic E-state index is -1.35. The molecule has 63 heavy (non-hydrogen) atoms. The van der Waals surface area contributed by atoms with E-state index >= 15 is 0 Å². The average Bonchev–Trinajstić information content (AvgIpc) is 3.59. The quantitative estimate of drug-likeness (QED) is 0.148. The second-order valence-corrected chi connectivity index (χ2v) is 18.1. The number of fused-ring (bicyclic) bond motifs is 2. The summed E-state index contributed by atoms with van der Waals surface area (Å²) in [6.45, 7) is 4.44. The van der Waals surface area contributed by atoms with E-state index in [0.29, 0.717) is 45.2 Å². The highest BCUT2D eigenvalue weighted by Crippen LogP contribution is 2.46. The minimum Gasteiger partial charge on any atom is -0.347 e. The van der Waals surface area contributed by atoms with Crippen LogP contribution in [0.15, 0.2) is 48.5 Å². The van der Waals surface area contributed by atoms with Crippen LogP contribution in [0.4, 0.5) is 0 Å². The van der Waals surface area contributed by atoms with Gasteiger partial charge in [0.2, 0.25) is 35.4 Å². The second kappa shape index (κ2) is 20.5. The summed E-state index contributed by atoms with van der Waals surface area (Å²) in [6, 6.07) is 12.5. The van der Waals surface area contributed by atoms with Crippen molar-refractivity contribution in [2.45, 2.75) is 152 Å². The fourth-order valence-corrected chi connectivity index (χ4v) is 10.2. The minimum absolute atomic E-state index is 0.0623. The number of likely N-dealkylation sites (N-methyl/N-ethyl adjacent to an activating group) is 2. The van der Waals surface area contributed by atoms with Crippen LogP contribution in [-0.4, -0.2) is 108 Å². The zero-order valence-corrected chi connectivity index (χ0v) is 37.4. The van der Waals surface area contributed by atoms with E-state index in [2.05, 4.69) is 68.0 Å². The van der Waals surface area contributed by atoms with Gasteiger partial charge in [-0.2, -0.15) is 0 Å². The van der Waals surface area contributed by atoms with Crippen LogP contribution in [0.1, 0.15) is 125 Å². The SMILES string of the molecule is CCC[C@H](NC)C(=O)N[C@@H](CC#C[C@@H]1CC1(NC(=O)[C@H](C)NC)C(=O)N1CCC[C@H]1C(=O)N[C@@H]1CCCc2ccccc21)C(=O)N1CCC[C@H]1C(=O)N[C@@H]1CCCc2ccccc21. The van der Waals surface area contributed by atoms with Gasteiger partial charge >= 0.3 is 0 Å². The Morgan fingerprint density at radius 3 is 1.87 bits per heavy atom. The Morgan fingerprint density at radius 1 is 0.730 bits per heavy atom. The zero-order chi connectivity index (χ0) is 44.7. The lowest BCUT2D eigenvalue weighted by atomic mass is 9.87. The summed E-state index contributed by atoms with van der Waals surface area (Å²) in [5.74, 6) is 3.91. The highest BCUT2D eigenvalue weighted by atomic mass is 16.2. The molecule has 1 saturated carbocycles. The molecule has 1 unspecified atom stereocenters. The van der Waals surface area contributed by atoms with Crippen molar-refractivity contribution in [3.8, 4) is 11.8 Å². The summed E-state index contributed by atoms with van der Waals surface area (Å²) >= 11 is 0. The smallest absolute Gasteiger partial charge is 0.250 e. The van der Waals surface area contributed by atoms with Crippen molar-refractivity contribution in [2.24, 2.45) is 5.92 Å². The van der Waals surface area contributed by atoms with E-state index in [9.17, 15) is 28.8 Å². The van der Waals surface area contributed by atoms with Crippen LogP contribution in [0.2, 0.25) is 0 Å². The predicted octanol–water partition coefficient (Wildman–Crippen LogP) is 3.11. The van der Waals surface area contributed by atoms with Crippen molar-refractivity contribution in [1.82, 2.24) is 41.7 Å². The molecule has 0 bridgehead atoms. The average molecular weight is 863 g/mol. The number of carbonyl (C=O) groups excluding carboxylic acids is 6. The van der Waals surface area contributed by atoms with E-state index in [-0.39, 0.29) is 60.4 Å². The molecule has 0 spiro atoms. The number of rotatable bonds is 15. The van der Waals surface area contributed by atoms with Crippen molar-refractivity contribution in [3.05, 3.63) is 70.8 Å². The highest BCUT2D eigenvalue weighted by molar-refractivity contribution is 5.99. The molecule has 14 heteroatoms. The molecule has 2 aliphatic heterocycles. The van der Waals surface area contributed by atoms with Crippen LogP contribution in [0.5, 0.6) is 0 Å². The van der Waals surface area contributed by atoms with Gasteiger partial charge in [-0.05, 0) is 120 Å². The van der Waals surface area contributed by atoms with Crippen LogP contribution in [0.25, 0.3) is 0 Å². The van der Waals surface area contributed by atoms with E-state index in [1.807, 2.05) is 31.2 Å². The number of nitrogens with one attached hydrogen (secondary N) is 6. The molecule has 2 aromatic rings. The molecule has 6 N–H and O–H groups in total. The van der Waals surface area contributed by atoms with Crippen LogP contribution >= 0.6 is 0 Å². The van der Waals surface area contributed by atoms with Crippen molar-refractivity contribution < 1.29 is 28.8 Å². The lowest BCUT2D eigenvalue weighted by Crippen LogP contribution is -2.58. The Morgan fingerprint density at radius 2 is 1.30 bits per heavy atom. The first-order chi connectivity index (χ1) is 30.5. The van der Waals surface area contributed by atoms with Gasteiger partial charge in [0.05, 0.1) is 30.1 Å². The van der Waals surface area contributed by atoms with Crippen LogP contribution in [0, 0.1) is 17.8 Å².